The van der Waals surface area contributed by atoms with Crippen LogP contribution in [-0.4, -0.2) is 17.6 Å². The van der Waals surface area contributed by atoms with E-state index < -0.39 is 11.7 Å². The predicted octanol–water partition coefficient (Wildman–Crippen LogP) is 4.34. The Hall–Kier alpha value is -2.89. The van der Waals surface area contributed by atoms with Crippen LogP contribution in [0.4, 0.5) is 9.18 Å². The predicted molar refractivity (Wildman–Crippen MR) is 102 cm³/mol. The molecule has 6 heteroatoms. The molecule has 144 valence electrons. The fourth-order valence-corrected chi connectivity index (χ4v) is 2.38. The van der Waals surface area contributed by atoms with Crippen molar-refractivity contribution < 1.29 is 18.7 Å². The van der Waals surface area contributed by atoms with Crippen LogP contribution in [0.5, 0.6) is 0 Å². The Bertz CT molecular complexity index is 781. The van der Waals surface area contributed by atoms with Gasteiger partial charge in [0.2, 0.25) is 0 Å². The van der Waals surface area contributed by atoms with Crippen LogP contribution in [0.25, 0.3) is 0 Å². The molecule has 1 atom stereocenters. The molecule has 2 N–H and O–H groups in total. The summed E-state index contributed by atoms with van der Waals surface area (Å²) in [5.74, 6) is -0.536. The molecule has 0 aliphatic carbocycles. The zero-order chi connectivity index (χ0) is 20.0. The number of alkyl carbamates (subject to hydrolysis) is 1. The Morgan fingerprint density at radius 1 is 1.04 bits per heavy atom. The molecule has 2 amide bonds. The van der Waals surface area contributed by atoms with Gasteiger partial charge >= 0.3 is 6.09 Å². The summed E-state index contributed by atoms with van der Waals surface area (Å²) in [6.45, 7) is 7.54. The molecule has 0 spiro atoms. The Kier molecular flexibility index (Phi) is 6.55. The van der Waals surface area contributed by atoms with E-state index in [0.29, 0.717) is 12.1 Å². The van der Waals surface area contributed by atoms with Gasteiger partial charge in [-0.2, -0.15) is 0 Å². The highest BCUT2D eigenvalue weighted by Gasteiger charge is 2.16. The summed E-state index contributed by atoms with van der Waals surface area (Å²) >= 11 is 0. The van der Waals surface area contributed by atoms with Gasteiger partial charge in [0.15, 0.2) is 0 Å². The van der Waals surface area contributed by atoms with Gasteiger partial charge in [0.1, 0.15) is 11.4 Å². The summed E-state index contributed by atoms with van der Waals surface area (Å²) in [4.78, 5) is 24.0. The molecule has 0 radical (unpaired) electrons. The molecule has 2 rings (SSSR count). The highest BCUT2D eigenvalue weighted by atomic mass is 19.1. The van der Waals surface area contributed by atoms with Crippen molar-refractivity contribution in [2.24, 2.45) is 0 Å². The Morgan fingerprint density at radius 2 is 1.63 bits per heavy atom. The molecule has 2 aromatic rings. The lowest BCUT2D eigenvalue weighted by Crippen LogP contribution is -2.32. The SMILES string of the molecule is C[C@@H](NC(=O)c1ccc(CNC(=O)OC(C)(C)C)cc1)c1ccc(F)cc1. The van der Waals surface area contributed by atoms with Gasteiger partial charge in [0, 0.05) is 12.1 Å². The second-order valence-electron chi connectivity index (χ2n) is 7.30. The monoisotopic (exact) mass is 372 g/mol. The molecule has 0 aromatic heterocycles. The number of carbonyl (C=O) groups excluding carboxylic acids is 2. The number of benzene rings is 2. The number of ether oxygens (including phenoxy) is 1. The number of carbonyl (C=O) groups is 2. The third-order valence-corrected chi connectivity index (χ3v) is 3.77. The van der Waals surface area contributed by atoms with E-state index in [0.717, 1.165) is 11.1 Å². The van der Waals surface area contributed by atoms with E-state index in [1.54, 1.807) is 57.2 Å². The quantitative estimate of drug-likeness (QED) is 0.820. The molecule has 0 aliphatic heterocycles. The maximum atomic E-state index is 13.0. The van der Waals surface area contributed by atoms with Crippen LogP contribution in [-0.2, 0) is 11.3 Å². The van der Waals surface area contributed by atoms with E-state index in [9.17, 15) is 14.0 Å². The average molecular weight is 372 g/mol. The minimum absolute atomic E-state index is 0.224. The van der Waals surface area contributed by atoms with Gasteiger partial charge < -0.3 is 15.4 Å². The van der Waals surface area contributed by atoms with E-state index in [1.165, 1.54) is 12.1 Å². The lowest BCUT2D eigenvalue weighted by molar-refractivity contribution is 0.0523. The van der Waals surface area contributed by atoms with Crippen LogP contribution in [0.3, 0.4) is 0 Å². The second kappa shape index (κ2) is 8.66. The lowest BCUT2D eigenvalue weighted by Gasteiger charge is -2.19. The lowest BCUT2D eigenvalue weighted by atomic mass is 10.1. The summed E-state index contributed by atoms with van der Waals surface area (Å²) in [6, 6.07) is 12.7. The molecular weight excluding hydrogens is 347 g/mol. The van der Waals surface area contributed by atoms with Gasteiger partial charge in [0.25, 0.3) is 5.91 Å². The van der Waals surface area contributed by atoms with E-state index in [4.69, 9.17) is 4.74 Å². The van der Waals surface area contributed by atoms with Crippen molar-refractivity contribution in [2.45, 2.75) is 45.9 Å². The number of rotatable bonds is 5. The zero-order valence-corrected chi connectivity index (χ0v) is 16.0. The standard InChI is InChI=1S/C21H25FN2O3/c1-14(16-9-11-18(22)12-10-16)24-19(25)17-7-5-15(6-8-17)13-23-20(26)27-21(2,3)4/h5-12,14H,13H2,1-4H3,(H,23,26)(H,24,25)/t14-/m1/s1. The molecular formula is C21H25FN2O3. The summed E-state index contributed by atoms with van der Waals surface area (Å²) in [6.07, 6.45) is -0.488. The van der Waals surface area contributed by atoms with Crippen molar-refractivity contribution in [1.82, 2.24) is 10.6 Å². The first-order valence-corrected chi connectivity index (χ1v) is 8.76. The first-order chi connectivity index (χ1) is 12.6. The highest BCUT2D eigenvalue weighted by Crippen LogP contribution is 2.14. The van der Waals surface area contributed by atoms with Crippen LogP contribution in [0.15, 0.2) is 48.5 Å². The van der Waals surface area contributed by atoms with Gasteiger partial charge in [-0.15, -0.1) is 0 Å². The van der Waals surface area contributed by atoms with Gasteiger partial charge in [0.05, 0.1) is 6.04 Å². The van der Waals surface area contributed by atoms with E-state index in [1.807, 2.05) is 6.92 Å². The van der Waals surface area contributed by atoms with Crippen LogP contribution in [0, 0.1) is 5.82 Å². The minimum Gasteiger partial charge on any atom is -0.444 e. The molecule has 0 fully saturated rings. The first-order valence-electron chi connectivity index (χ1n) is 8.76. The van der Waals surface area contributed by atoms with Gasteiger partial charge in [-0.3, -0.25) is 4.79 Å². The van der Waals surface area contributed by atoms with Crippen LogP contribution < -0.4 is 10.6 Å². The van der Waals surface area contributed by atoms with E-state index >= 15 is 0 Å². The Labute approximate surface area is 158 Å². The largest absolute Gasteiger partial charge is 0.444 e. The smallest absolute Gasteiger partial charge is 0.407 e. The van der Waals surface area contributed by atoms with Crippen molar-refractivity contribution in [3.8, 4) is 0 Å². The summed E-state index contributed by atoms with van der Waals surface area (Å²) < 4.78 is 18.2. The molecule has 2 aromatic carbocycles. The molecule has 0 unspecified atom stereocenters. The van der Waals surface area contributed by atoms with Gasteiger partial charge in [-0.25, -0.2) is 9.18 Å². The third kappa shape index (κ3) is 6.73. The molecule has 0 saturated heterocycles. The van der Waals surface area contributed by atoms with Gasteiger partial charge in [-0.1, -0.05) is 24.3 Å². The van der Waals surface area contributed by atoms with Crippen molar-refractivity contribution in [3.63, 3.8) is 0 Å². The molecule has 0 heterocycles. The molecule has 27 heavy (non-hydrogen) atoms. The highest BCUT2D eigenvalue weighted by molar-refractivity contribution is 5.94. The van der Waals surface area contributed by atoms with Crippen LogP contribution >= 0.6 is 0 Å². The number of halogens is 1. The maximum Gasteiger partial charge on any atom is 0.407 e. The second-order valence-corrected chi connectivity index (χ2v) is 7.30. The number of nitrogens with one attached hydrogen (secondary N) is 2. The maximum absolute atomic E-state index is 13.0. The fourth-order valence-electron chi connectivity index (χ4n) is 2.38. The van der Waals surface area contributed by atoms with E-state index in [2.05, 4.69) is 10.6 Å². The van der Waals surface area contributed by atoms with Crippen LogP contribution in [0.1, 0.15) is 55.2 Å². The van der Waals surface area contributed by atoms with Crippen LogP contribution in [0.2, 0.25) is 0 Å². The van der Waals surface area contributed by atoms with Crippen molar-refractivity contribution in [3.05, 3.63) is 71.0 Å². The van der Waals surface area contributed by atoms with E-state index in [-0.39, 0.29) is 17.8 Å². The first kappa shape index (κ1) is 20.4. The van der Waals surface area contributed by atoms with Crippen molar-refractivity contribution in [1.29, 1.82) is 0 Å². The number of hydrogen-bond donors (Lipinski definition) is 2. The Morgan fingerprint density at radius 3 is 2.19 bits per heavy atom. The normalized spacial score (nSPS) is 12.2. The summed E-state index contributed by atoms with van der Waals surface area (Å²) in [7, 11) is 0. The average Bonchev–Trinajstić information content (AvgIpc) is 2.59. The van der Waals surface area contributed by atoms with Gasteiger partial charge in [-0.05, 0) is 63.1 Å². The Balaban J connectivity index is 1.89. The number of hydrogen-bond acceptors (Lipinski definition) is 3. The fraction of sp³-hybridized carbons (Fsp3) is 0.333. The molecule has 0 saturated carbocycles. The third-order valence-electron chi connectivity index (χ3n) is 3.77. The topological polar surface area (TPSA) is 67.4 Å². The molecule has 5 nitrogen and oxygen atoms in total. The summed E-state index contributed by atoms with van der Waals surface area (Å²) in [5.41, 5.74) is 1.63. The molecule has 0 bridgehead atoms. The van der Waals surface area contributed by atoms with Crippen molar-refractivity contribution in [2.75, 3.05) is 0 Å². The zero-order valence-electron chi connectivity index (χ0n) is 16.0. The molecule has 0 aliphatic rings. The van der Waals surface area contributed by atoms with Crippen molar-refractivity contribution >= 4 is 12.0 Å². The summed E-state index contributed by atoms with van der Waals surface area (Å²) in [5, 5.41) is 5.55. The minimum atomic E-state index is -0.548. The number of amides is 2.